The van der Waals surface area contributed by atoms with Crippen LogP contribution in [0.25, 0.3) is 22.1 Å². The number of hydrogen-bond donors (Lipinski definition) is 0. The van der Waals surface area contributed by atoms with E-state index in [0.717, 1.165) is 71.8 Å². The van der Waals surface area contributed by atoms with Gasteiger partial charge in [-0.05, 0) is 199 Å². The largest absolute Gasteiger partial charge is 0.468 e. The Morgan fingerprint density at radius 3 is 1.56 bits per heavy atom. The number of hydrogen-bond acceptors (Lipinski definition) is 4. The van der Waals surface area contributed by atoms with Gasteiger partial charge < -0.3 is 19.1 Å². The van der Waals surface area contributed by atoms with Gasteiger partial charge in [0.25, 0.3) is 6.71 Å². The molecule has 0 amide bonds. The van der Waals surface area contributed by atoms with Crippen molar-refractivity contribution in [3.63, 3.8) is 0 Å². The summed E-state index contributed by atoms with van der Waals surface area (Å²) in [6, 6.07) is 61.0. The molecule has 0 saturated carbocycles. The average molecular weight is 1070 g/mol. The highest BCUT2D eigenvalue weighted by atomic mass is 16.3. The van der Waals surface area contributed by atoms with E-state index in [1.807, 2.05) is 0 Å². The van der Waals surface area contributed by atoms with E-state index in [9.17, 15) is 0 Å². The van der Waals surface area contributed by atoms with Crippen LogP contribution in [0.4, 0.5) is 51.2 Å². The van der Waals surface area contributed by atoms with Crippen molar-refractivity contribution in [3.8, 4) is 11.1 Å². The first kappa shape index (κ1) is 51.6. The van der Waals surface area contributed by atoms with Gasteiger partial charge in [-0.3, -0.25) is 0 Å². The molecule has 8 aromatic carbocycles. The summed E-state index contributed by atoms with van der Waals surface area (Å²) >= 11 is 0. The summed E-state index contributed by atoms with van der Waals surface area (Å²) in [5.41, 5.74) is 29.3. The number of rotatable bonds is 5. The Morgan fingerprint density at radius 1 is 0.439 bits per heavy atom. The van der Waals surface area contributed by atoms with Crippen LogP contribution in [-0.2, 0) is 37.9 Å². The monoisotopic (exact) mass is 1070 g/mol. The maximum absolute atomic E-state index is 7.93. The summed E-state index contributed by atoms with van der Waals surface area (Å²) in [6.07, 6.45) is 6.80. The van der Waals surface area contributed by atoms with Gasteiger partial charge in [-0.2, -0.15) is 0 Å². The molecule has 1 unspecified atom stereocenters. The van der Waals surface area contributed by atoms with Gasteiger partial charge in [0.1, 0.15) is 5.58 Å². The molecule has 82 heavy (non-hydrogen) atoms. The van der Waals surface area contributed by atoms with E-state index in [-0.39, 0.29) is 44.6 Å². The van der Waals surface area contributed by atoms with Crippen molar-refractivity contribution in [2.45, 2.75) is 173 Å². The molecule has 9 aromatic rings. The Bertz CT molecular complexity index is 4110. The lowest BCUT2D eigenvalue weighted by atomic mass is 9.34. The lowest BCUT2D eigenvalue weighted by molar-refractivity contribution is 0.311. The lowest BCUT2D eigenvalue weighted by Crippen LogP contribution is -2.62. The van der Waals surface area contributed by atoms with Gasteiger partial charge in [0.05, 0.1) is 28.4 Å². The highest BCUT2D eigenvalue weighted by Crippen LogP contribution is 2.65. The van der Waals surface area contributed by atoms with Gasteiger partial charge in [0.15, 0.2) is 0 Å². The van der Waals surface area contributed by atoms with Crippen LogP contribution in [0.15, 0.2) is 162 Å². The predicted octanol–water partition coefficient (Wildman–Crippen LogP) is 19.3. The van der Waals surface area contributed by atoms with E-state index in [0.29, 0.717) is 0 Å². The number of furan rings is 1. The summed E-state index contributed by atoms with van der Waals surface area (Å²) < 4.78 is 7.93. The average Bonchev–Trinajstić information content (AvgIpc) is 1.83. The normalized spacial score (nSPS) is 20.5. The minimum absolute atomic E-state index is 0.000287. The summed E-state index contributed by atoms with van der Waals surface area (Å²) in [5.74, 6) is 0. The topological polar surface area (TPSA) is 22.9 Å². The number of nitrogens with zero attached hydrogens (tertiary/aromatic N) is 3. The molecule has 6 aliphatic rings. The summed E-state index contributed by atoms with van der Waals surface area (Å²) in [6.45, 7) is 34.4. The fourth-order valence-electron chi connectivity index (χ4n) is 16.6. The molecule has 0 fully saturated rings. The molecule has 1 aromatic heterocycles. The third kappa shape index (κ3) is 7.16. The molecule has 412 valence electrons. The van der Waals surface area contributed by atoms with E-state index in [2.05, 4.69) is 269 Å². The molecule has 1 atom stereocenters. The van der Waals surface area contributed by atoms with Crippen LogP contribution < -0.4 is 31.3 Å². The Kier molecular flexibility index (Phi) is 10.7. The molecule has 4 heterocycles. The predicted molar refractivity (Wildman–Crippen MR) is 348 cm³/mol. The third-order valence-corrected chi connectivity index (χ3v) is 21.5. The Morgan fingerprint density at radius 2 is 0.951 bits per heavy atom. The second kappa shape index (κ2) is 17.0. The highest BCUT2D eigenvalue weighted by molar-refractivity contribution is 7.00. The second-order valence-electron chi connectivity index (χ2n) is 30.1. The van der Waals surface area contributed by atoms with Crippen LogP contribution in [0, 0.1) is 0 Å². The molecule has 0 radical (unpaired) electrons. The van der Waals surface area contributed by atoms with E-state index >= 15 is 0 Å². The van der Waals surface area contributed by atoms with Crippen molar-refractivity contribution in [1.29, 1.82) is 0 Å². The fraction of sp³-hybridized carbons (Fsp3) is 0.351. The van der Waals surface area contributed by atoms with Crippen LogP contribution in [0.3, 0.4) is 0 Å². The molecule has 0 bridgehead atoms. The van der Waals surface area contributed by atoms with Crippen LogP contribution in [0.5, 0.6) is 0 Å². The summed E-state index contributed by atoms with van der Waals surface area (Å²) in [4.78, 5) is 7.98. The maximum atomic E-state index is 7.93. The number of benzene rings is 8. The van der Waals surface area contributed by atoms with Gasteiger partial charge in [-0.15, -0.1) is 0 Å². The quantitative estimate of drug-likeness (QED) is 0.160. The first-order valence-corrected chi connectivity index (χ1v) is 30.8. The zero-order chi connectivity index (χ0) is 57.0. The number of anilines is 9. The molecule has 0 saturated heterocycles. The molecule has 15 rings (SSSR count). The molecule has 3 aliphatic carbocycles. The standard InChI is InChI=1S/C77H80BN3O/c1-71(2,3)48-30-34-59(52(42-48)47-24-18-15-19-25-47)80-61-43-51(79(49-26-20-16-21-27-49)50-28-22-17-23-29-50)44-62-67(61)78(70-68(80)53-45-56-57(46-63(53)82-70)75(10,11)37-36-74(56,8)9)58-33-31-55-65-69(58)81(62)60-35-32-54-64(76(12,13)39-38-72(54,4)5)66(60)77(65,14)41-40-73(55,6)7/h15-35,42-46H,36-41H2,1-14H3. The van der Waals surface area contributed by atoms with E-state index in [4.69, 9.17) is 4.42 Å². The summed E-state index contributed by atoms with van der Waals surface area (Å²) in [5, 5.41) is 1.18. The Balaban J connectivity index is 1.15. The molecule has 0 N–H and O–H groups in total. The highest BCUT2D eigenvalue weighted by Gasteiger charge is 2.57. The number of para-hydroxylation sites is 2. The SMILES string of the molecule is CC(C)(C)c1ccc(N2c3cc(N(c4ccccc4)c4ccccc4)cc4c3B(c3ccc5c6c3N4c3ccc4c(c3C6(C)CCC5(C)C)C(C)(C)CCC4(C)C)c3oc4cc5c(cc4c32)C(C)(C)CCC5(C)C)c(-c2ccccc2)c1. The Labute approximate surface area is 488 Å². The van der Waals surface area contributed by atoms with E-state index < -0.39 is 0 Å². The van der Waals surface area contributed by atoms with Crippen molar-refractivity contribution in [3.05, 3.63) is 202 Å². The number of fused-ring (bicyclic) bond motifs is 12. The maximum Gasteiger partial charge on any atom is 0.297 e. The zero-order valence-corrected chi connectivity index (χ0v) is 51.1. The minimum atomic E-state index is -0.233. The first-order chi connectivity index (χ1) is 38.9. The van der Waals surface area contributed by atoms with E-state index in [1.165, 1.54) is 90.0 Å². The Hall–Kier alpha value is -7.24. The summed E-state index contributed by atoms with van der Waals surface area (Å²) in [7, 11) is 0. The smallest absolute Gasteiger partial charge is 0.297 e. The third-order valence-electron chi connectivity index (χ3n) is 21.5. The van der Waals surface area contributed by atoms with Gasteiger partial charge in [0, 0.05) is 44.8 Å². The van der Waals surface area contributed by atoms with E-state index in [1.54, 1.807) is 11.1 Å². The van der Waals surface area contributed by atoms with Crippen LogP contribution in [-0.4, -0.2) is 6.71 Å². The first-order valence-electron chi connectivity index (χ1n) is 30.8. The van der Waals surface area contributed by atoms with Gasteiger partial charge in [0.2, 0.25) is 0 Å². The molecule has 4 nitrogen and oxygen atoms in total. The van der Waals surface area contributed by atoms with Crippen molar-refractivity contribution in [2.75, 3.05) is 14.7 Å². The molecule has 3 aliphatic heterocycles. The molecule has 5 heteroatoms. The fourth-order valence-corrected chi connectivity index (χ4v) is 16.6. The van der Waals surface area contributed by atoms with Crippen molar-refractivity contribution in [2.24, 2.45) is 0 Å². The molecular weight excluding hydrogens is 994 g/mol. The second-order valence-corrected chi connectivity index (χ2v) is 30.1. The molecular formula is C77H80BN3O. The lowest BCUT2D eigenvalue weighted by Gasteiger charge is -2.56. The van der Waals surface area contributed by atoms with Crippen LogP contribution >= 0.6 is 0 Å². The van der Waals surface area contributed by atoms with Crippen molar-refractivity contribution in [1.82, 2.24) is 0 Å². The van der Waals surface area contributed by atoms with Crippen LogP contribution in [0.1, 0.15) is 180 Å². The minimum Gasteiger partial charge on any atom is -0.468 e. The zero-order valence-electron chi connectivity index (χ0n) is 51.1. The van der Waals surface area contributed by atoms with Gasteiger partial charge in [-0.1, -0.05) is 188 Å². The van der Waals surface area contributed by atoms with Crippen LogP contribution in [0.2, 0.25) is 0 Å². The van der Waals surface area contributed by atoms with Crippen molar-refractivity contribution < 1.29 is 4.42 Å². The van der Waals surface area contributed by atoms with Gasteiger partial charge in [-0.25, -0.2) is 0 Å². The molecule has 0 spiro atoms. The van der Waals surface area contributed by atoms with Crippen molar-refractivity contribution >= 4 is 85.5 Å². The van der Waals surface area contributed by atoms with Gasteiger partial charge >= 0.3 is 0 Å².